The molecule has 1 aromatic heterocycles. The van der Waals surface area contributed by atoms with Crippen LogP contribution in [0.15, 0.2) is 54.7 Å². The number of nitrogens with one attached hydrogen (secondary N) is 1. The number of carbonyl (C=O) groups is 1. The summed E-state index contributed by atoms with van der Waals surface area (Å²) in [4.78, 5) is 12.5. The molecule has 0 aliphatic rings. The third-order valence-electron chi connectivity index (χ3n) is 4.30. The van der Waals surface area contributed by atoms with E-state index >= 15 is 0 Å². The van der Waals surface area contributed by atoms with Crippen molar-refractivity contribution in [1.82, 2.24) is 15.1 Å². The molecule has 0 aliphatic heterocycles. The molecule has 164 valence electrons. The summed E-state index contributed by atoms with van der Waals surface area (Å²) in [7, 11) is 1.55. The molecular weight excluding hydrogens is 418 g/mol. The number of amides is 1. The maximum absolute atomic E-state index is 14.0. The molecule has 0 atom stereocenters. The van der Waals surface area contributed by atoms with E-state index < -0.39 is 34.8 Å². The van der Waals surface area contributed by atoms with E-state index in [4.69, 9.17) is 9.47 Å². The first-order valence-electron chi connectivity index (χ1n) is 9.20. The number of carbonyl (C=O) groups excluding carboxylic acids is 1. The van der Waals surface area contributed by atoms with E-state index in [9.17, 15) is 22.4 Å². The topological polar surface area (TPSA) is 65.4 Å². The van der Waals surface area contributed by atoms with Crippen LogP contribution in [0.1, 0.15) is 21.6 Å². The van der Waals surface area contributed by atoms with Crippen molar-refractivity contribution in [2.75, 3.05) is 20.3 Å². The molecule has 0 saturated carbocycles. The maximum atomic E-state index is 14.0. The minimum atomic E-state index is -4.92. The van der Waals surface area contributed by atoms with Crippen molar-refractivity contribution in [2.24, 2.45) is 0 Å². The summed E-state index contributed by atoms with van der Waals surface area (Å²) in [5, 5.41) is 6.04. The van der Waals surface area contributed by atoms with E-state index in [0.717, 1.165) is 18.3 Å². The molecule has 3 rings (SSSR count). The Morgan fingerprint density at radius 3 is 2.45 bits per heavy atom. The minimum absolute atomic E-state index is 0.0145. The summed E-state index contributed by atoms with van der Waals surface area (Å²) in [6.45, 7) is 0.790. The fraction of sp³-hybridized carbons (Fsp3) is 0.238. The van der Waals surface area contributed by atoms with Crippen molar-refractivity contribution in [3.63, 3.8) is 0 Å². The highest BCUT2D eigenvalue weighted by atomic mass is 19.4. The summed E-state index contributed by atoms with van der Waals surface area (Å²) in [6, 6.07) is 11.6. The maximum Gasteiger partial charge on any atom is 0.434 e. The van der Waals surface area contributed by atoms with Gasteiger partial charge in [0, 0.05) is 13.7 Å². The molecule has 0 spiro atoms. The zero-order chi connectivity index (χ0) is 22.4. The molecule has 1 amide bonds. The first kappa shape index (κ1) is 22.3. The zero-order valence-electron chi connectivity index (χ0n) is 16.4. The lowest BCUT2D eigenvalue weighted by molar-refractivity contribution is -0.143. The van der Waals surface area contributed by atoms with Gasteiger partial charge in [0.2, 0.25) is 0 Å². The van der Waals surface area contributed by atoms with Gasteiger partial charge >= 0.3 is 6.18 Å². The third-order valence-corrected chi connectivity index (χ3v) is 4.30. The van der Waals surface area contributed by atoms with Gasteiger partial charge in [0.1, 0.15) is 23.9 Å². The quantitative estimate of drug-likeness (QED) is 0.428. The minimum Gasteiger partial charge on any atom is -0.491 e. The van der Waals surface area contributed by atoms with E-state index in [1.165, 1.54) is 12.1 Å². The van der Waals surface area contributed by atoms with Crippen LogP contribution >= 0.6 is 0 Å². The lowest BCUT2D eigenvalue weighted by Crippen LogP contribution is -2.26. The Hall–Kier alpha value is -3.40. The van der Waals surface area contributed by atoms with Crippen molar-refractivity contribution < 1.29 is 31.8 Å². The second kappa shape index (κ2) is 9.61. The smallest absolute Gasteiger partial charge is 0.434 e. The highest BCUT2D eigenvalue weighted by molar-refractivity contribution is 5.95. The van der Waals surface area contributed by atoms with Gasteiger partial charge in [0.25, 0.3) is 5.91 Å². The number of methoxy groups -OCH3 is 1. The summed E-state index contributed by atoms with van der Waals surface area (Å²) in [5.74, 6) is -1.27. The lowest BCUT2D eigenvalue weighted by atomic mass is 10.2. The molecule has 1 N–H and O–H groups in total. The fourth-order valence-electron chi connectivity index (χ4n) is 2.82. The van der Waals surface area contributed by atoms with Gasteiger partial charge in [-0.25, -0.2) is 9.07 Å². The van der Waals surface area contributed by atoms with E-state index in [1.54, 1.807) is 31.4 Å². The number of nitrogens with zero attached hydrogens (tertiary/aromatic N) is 2. The standard InChI is InChI=1S/C21H19F4N3O3/c1-30-10-11-31-15-8-6-14(7-9-15)12-26-20(29)16-13-27-28(19(16)21(23,24)25)18-5-3-2-4-17(18)22/h2-9,13H,10-12H2,1H3,(H,26,29). The summed E-state index contributed by atoms with van der Waals surface area (Å²) in [6.07, 6.45) is -4.15. The van der Waals surface area contributed by atoms with Crippen LogP contribution in [0, 0.1) is 5.82 Å². The van der Waals surface area contributed by atoms with Crippen molar-refractivity contribution >= 4 is 5.91 Å². The third kappa shape index (κ3) is 5.40. The first-order valence-corrected chi connectivity index (χ1v) is 9.20. The van der Waals surface area contributed by atoms with Crippen LogP contribution in [0.5, 0.6) is 5.75 Å². The Labute approximate surface area is 175 Å². The predicted octanol–water partition coefficient (Wildman–Crippen LogP) is 3.99. The summed E-state index contributed by atoms with van der Waals surface area (Å²) >= 11 is 0. The van der Waals surface area contributed by atoms with E-state index in [2.05, 4.69) is 10.4 Å². The number of para-hydroxylation sites is 1. The Balaban J connectivity index is 1.76. The van der Waals surface area contributed by atoms with Crippen LogP contribution in [0.25, 0.3) is 5.69 Å². The Morgan fingerprint density at radius 1 is 1.10 bits per heavy atom. The Morgan fingerprint density at radius 2 is 1.81 bits per heavy atom. The van der Waals surface area contributed by atoms with Crippen LogP contribution in [-0.2, 0) is 17.5 Å². The molecule has 0 aliphatic carbocycles. The van der Waals surface area contributed by atoms with Crippen molar-refractivity contribution in [2.45, 2.75) is 12.7 Å². The molecule has 3 aromatic rings. The Bertz CT molecular complexity index is 1030. The Kier molecular flexibility index (Phi) is 6.91. The monoisotopic (exact) mass is 437 g/mol. The number of hydrogen-bond acceptors (Lipinski definition) is 4. The fourth-order valence-corrected chi connectivity index (χ4v) is 2.82. The van der Waals surface area contributed by atoms with Gasteiger partial charge in [0.05, 0.1) is 18.4 Å². The number of aromatic nitrogens is 2. The average Bonchev–Trinajstić information content (AvgIpc) is 3.19. The first-order chi connectivity index (χ1) is 14.8. The van der Waals surface area contributed by atoms with Crippen LogP contribution < -0.4 is 10.1 Å². The largest absolute Gasteiger partial charge is 0.491 e. The van der Waals surface area contributed by atoms with Crippen molar-refractivity contribution in [3.05, 3.63) is 77.4 Å². The number of benzene rings is 2. The molecule has 0 saturated heterocycles. The van der Waals surface area contributed by atoms with E-state index in [-0.39, 0.29) is 6.54 Å². The predicted molar refractivity (Wildman–Crippen MR) is 104 cm³/mol. The number of alkyl halides is 3. The molecule has 0 radical (unpaired) electrons. The molecule has 31 heavy (non-hydrogen) atoms. The molecular formula is C21H19F4N3O3. The number of rotatable bonds is 8. The number of halogens is 4. The van der Waals surface area contributed by atoms with Gasteiger partial charge in [-0.2, -0.15) is 18.3 Å². The van der Waals surface area contributed by atoms with Crippen LogP contribution in [-0.4, -0.2) is 36.0 Å². The SMILES string of the molecule is COCCOc1ccc(CNC(=O)c2cnn(-c3ccccc3F)c2C(F)(F)F)cc1. The molecule has 6 nitrogen and oxygen atoms in total. The second-order valence-corrected chi connectivity index (χ2v) is 6.44. The molecule has 1 heterocycles. The van der Waals surface area contributed by atoms with E-state index in [1.807, 2.05) is 0 Å². The van der Waals surface area contributed by atoms with Gasteiger partial charge in [-0.05, 0) is 29.8 Å². The number of hydrogen-bond donors (Lipinski definition) is 1. The van der Waals surface area contributed by atoms with Crippen LogP contribution in [0.2, 0.25) is 0 Å². The lowest BCUT2D eigenvalue weighted by Gasteiger charge is -2.13. The summed E-state index contributed by atoms with van der Waals surface area (Å²) in [5.41, 5.74) is -1.80. The van der Waals surface area contributed by atoms with Crippen molar-refractivity contribution in [1.29, 1.82) is 0 Å². The number of ether oxygens (including phenoxy) is 2. The molecule has 2 aromatic carbocycles. The molecule has 0 unspecified atom stereocenters. The van der Waals surface area contributed by atoms with Gasteiger partial charge in [0.15, 0.2) is 5.69 Å². The highest BCUT2D eigenvalue weighted by Crippen LogP contribution is 2.34. The highest BCUT2D eigenvalue weighted by Gasteiger charge is 2.41. The van der Waals surface area contributed by atoms with Gasteiger partial charge in [-0.15, -0.1) is 0 Å². The van der Waals surface area contributed by atoms with Crippen molar-refractivity contribution in [3.8, 4) is 11.4 Å². The van der Waals surface area contributed by atoms with Gasteiger partial charge in [-0.1, -0.05) is 24.3 Å². The molecule has 0 bridgehead atoms. The van der Waals surface area contributed by atoms with Crippen LogP contribution in [0.3, 0.4) is 0 Å². The summed E-state index contributed by atoms with van der Waals surface area (Å²) < 4.78 is 65.7. The zero-order valence-corrected chi connectivity index (χ0v) is 16.4. The average molecular weight is 437 g/mol. The van der Waals surface area contributed by atoms with Crippen LogP contribution in [0.4, 0.5) is 17.6 Å². The second-order valence-electron chi connectivity index (χ2n) is 6.44. The normalized spacial score (nSPS) is 11.4. The molecule has 0 fully saturated rings. The van der Waals surface area contributed by atoms with E-state index in [0.29, 0.717) is 29.2 Å². The molecule has 10 heteroatoms. The van der Waals surface area contributed by atoms with Gasteiger partial charge in [-0.3, -0.25) is 4.79 Å². The van der Waals surface area contributed by atoms with Gasteiger partial charge < -0.3 is 14.8 Å².